The van der Waals surface area contributed by atoms with Crippen LogP contribution in [0.3, 0.4) is 0 Å². The van der Waals surface area contributed by atoms with Gasteiger partial charge in [-0.05, 0) is 49.6 Å². The lowest BCUT2D eigenvalue weighted by Crippen LogP contribution is -2.43. The van der Waals surface area contributed by atoms with Crippen molar-refractivity contribution in [2.75, 3.05) is 23.3 Å². The van der Waals surface area contributed by atoms with E-state index in [1.165, 1.54) is 18.2 Å². The van der Waals surface area contributed by atoms with Crippen molar-refractivity contribution in [2.24, 2.45) is 0 Å². The van der Waals surface area contributed by atoms with Gasteiger partial charge in [-0.25, -0.2) is 0 Å². The Morgan fingerprint density at radius 1 is 1.10 bits per heavy atom. The molecule has 6 nitrogen and oxygen atoms in total. The van der Waals surface area contributed by atoms with Crippen molar-refractivity contribution in [2.45, 2.75) is 45.3 Å². The molecule has 0 bridgehead atoms. The second-order valence-corrected chi connectivity index (χ2v) is 7.42. The van der Waals surface area contributed by atoms with Crippen LogP contribution in [0.25, 0.3) is 0 Å². The Kier molecular flexibility index (Phi) is 7.81. The average Bonchev–Trinajstić information content (AvgIpc) is 3.28. The summed E-state index contributed by atoms with van der Waals surface area (Å²) in [6.45, 7) is 0.832. The van der Waals surface area contributed by atoms with Crippen LogP contribution in [0.2, 0.25) is 0 Å². The normalized spacial score (nSPS) is 14.4. The molecule has 0 aliphatic carbocycles. The number of rotatable bonds is 9. The predicted octanol–water partition coefficient (Wildman–Crippen LogP) is 4.43. The second kappa shape index (κ2) is 10.7. The molecule has 0 aromatic heterocycles. The molecule has 1 saturated heterocycles. The summed E-state index contributed by atoms with van der Waals surface area (Å²) in [7, 11) is 0. The van der Waals surface area contributed by atoms with Gasteiger partial charge in [-0.2, -0.15) is 8.78 Å². The number of nitrogens with one attached hydrogen (secondary N) is 2. The number of benzene rings is 2. The summed E-state index contributed by atoms with van der Waals surface area (Å²) >= 11 is 0. The monoisotopic (exact) mass is 431 g/mol. The van der Waals surface area contributed by atoms with Gasteiger partial charge in [0, 0.05) is 24.5 Å². The first-order valence-electron chi connectivity index (χ1n) is 10.5. The van der Waals surface area contributed by atoms with Crippen LogP contribution in [0.5, 0.6) is 5.75 Å². The number of anilines is 2. The summed E-state index contributed by atoms with van der Waals surface area (Å²) in [6.07, 6.45) is 3.36. The summed E-state index contributed by atoms with van der Waals surface area (Å²) in [4.78, 5) is 27.8. The topological polar surface area (TPSA) is 70.7 Å². The van der Waals surface area contributed by atoms with Crippen LogP contribution in [-0.2, 0) is 4.79 Å². The van der Waals surface area contributed by atoms with Crippen molar-refractivity contribution in [3.8, 4) is 5.75 Å². The summed E-state index contributed by atoms with van der Waals surface area (Å²) in [5.74, 6) is -1.24. The molecule has 0 spiro atoms. The van der Waals surface area contributed by atoms with Crippen molar-refractivity contribution in [3.63, 3.8) is 0 Å². The van der Waals surface area contributed by atoms with E-state index in [9.17, 15) is 18.4 Å². The van der Waals surface area contributed by atoms with E-state index >= 15 is 0 Å². The third-order valence-electron chi connectivity index (χ3n) is 5.13. The first kappa shape index (κ1) is 22.5. The van der Waals surface area contributed by atoms with Gasteiger partial charge in [0.05, 0.1) is 5.56 Å². The van der Waals surface area contributed by atoms with Gasteiger partial charge in [0.1, 0.15) is 11.8 Å². The van der Waals surface area contributed by atoms with E-state index in [-0.39, 0.29) is 17.2 Å². The highest BCUT2D eigenvalue weighted by atomic mass is 19.3. The van der Waals surface area contributed by atoms with Crippen LogP contribution in [-0.4, -0.2) is 37.6 Å². The first-order chi connectivity index (χ1) is 15.0. The Bertz CT molecular complexity index is 901. The number of halogens is 2. The Balaban J connectivity index is 1.70. The van der Waals surface area contributed by atoms with Gasteiger partial charge in [-0.3, -0.25) is 9.59 Å². The molecule has 1 heterocycles. The molecule has 1 unspecified atom stereocenters. The maximum Gasteiger partial charge on any atom is 0.387 e. The predicted molar refractivity (Wildman–Crippen MR) is 116 cm³/mol. The molecule has 3 rings (SSSR count). The SMILES string of the molecule is CCCC(NC(=O)c1ccccc1OC(F)F)C(=O)Nc1cccc(N2CCCC2)c1. The van der Waals surface area contributed by atoms with Crippen molar-refractivity contribution >= 4 is 23.2 Å². The highest BCUT2D eigenvalue weighted by molar-refractivity contribution is 6.02. The van der Waals surface area contributed by atoms with Crippen molar-refractivity contribution in [1.29, 1.82) is 0 Å². The quantitative estimate of drug-likeness (QED) is 0.616. The lowest BCUT2D eigenvalue weighted by Gasteiger charge is -2.21. The van der Waals surface area contributed by atoms with Gasteiger partial charge in [0.2, 0.25) is 5.91 Å². The van der Waals surface area contributed by atoms with Crippen LogP contribution in [0, 0.1) is 0 Å². The fourth-order valence-corrected chi connectivity index (χ4v) is 3.63. The Labute approximate surface area is 180 Å². The second-order valence-electron chi connectivity index (χ2n) is 7.42. The molecule has 0 saturated carbocycles. The zero-order valence-electron chi connectivity index (χ0n) is 17.4. The number of carbonyl (C=O) groups is 2. The van der Waals surface area contributed by atoms with Crippen molar-refractivity contribution < 1.29 is 23.1 Å². The Hall–Kier alpha value is -3.16. The summed E-state index contributed by atoms with van der Waals surface area (Å²) in [5.41, 5.74) is 1.64. The molecule has 2 aromatic rings. The van der Waals surface area contributed by atoms with Crippen molar-refractivity contribution in [1.82, 2.24) is 5.32 Å². The summed E-state index contributed by atoms with van der Waals surface area (Å²) < 4.78 is 29.7. The highest BCUT2D eigenvalue weighted by Gasteiger charge is 2.23. The molecule has 2 aromatic carbocycles. The van der Waals surface area contributed by atoms with E-state index in [1.807, 2.05) is 25.1 Å². The van der Waals surface area contributed by atoms with Gasteiger partial charge in [0.15, 0.2) is 0 Å². The standard InChI is InChI=1S/C23H27F2N3O3/c1-2-8-19(27-21(29)18-11-3-4-12-20(18)31-23(24)25)22(30)26-16-9-7-10-17(15-16)28-13-5-6-14-28/h3-4,7,9-12,15,19,23H,2,5-6,8,13-14H2,1H3,(H,26,30)(H,27,29). The molecule has 1 aliphatic rings. The zero-order chi connectivity index (χ0) is 22.2. The number of amides is 2. The van der Waals surface area contributed by atoms with Crippen LogP contribution >= 0.6 is 0 Å². The van der Waals surface area contributed by atoms with Gasteiger partial charge < -0.3 is 20.3 Å². The van der Waals surface area contributed by atoms with Gasteiger partial charge in [-0.15, -0.1) is 0 Å². The maximum atomic E-state index is 12.9. The van der Waals surface area contributed by atoms with E-state index in [0.717, 1.165) is 31.6 Å². The van der Waals surface area contributed by atoms with Crippen LogP contribution in [0.15, 0.2) is 48.5 Å². The van der Waals surface area contributed by atoms with E-state index in [2.05, 4.69) is 20.3 Å². The third kappa shape index (κ3) is 6.16. The number of hydrogen-bond acceptors (Lipinski definition) is 4. The molecule has 8 heteroatoms. The molecule has 2 N–H and O–H groups in total. The van der Waals surface area contributed by atoms with E-state index in [4.69, 9.17) is 0 Å². The smallest absolute Gasteiger partial charge is 0.387 e. The average molecular weight is 431 g/mol. The van der Waals surface area contributed by atoms with E-state index in [0.29, 0.717) is 18.5 Å². The lowest BCUT2D eigenvalue weighted by atomic mass is 10.1. The van der Waals surface area contributed by atoms with Crippen LogP contribution in [0.4, 0.5) is 20.2 Å². The minimum absolute atomic E-state index is 0.0484. The number of para-hydroxylation sites is 1. The summed E-state index contributed by atoms with van der Waals surface area (Å²) in [5, 5.41) is 5.51. The minimum atomic E-state index is -3.05. The third-order valence-corrected chi connectivity index (χ3v) is 5.13. The lowest BCUT2D eigenvalue weighted by molar-refractivity contribution is -0.118. The van der Waals surface area contributed by atoms with Gasteiger partial charge in [-0.1, -0.05) is 31.5 Å². The molecule has 166 valence electrons. The highest BCUT2D eigenvalue weighted by Crippen LogP contribution is 2.24. The Morgan fingerprint density at radius 3 is 2.55 bits per heavy atom. The molecule has 0 radical (unpaired) electrons. The summed E-state index contributed by atoms with van der Waals surface area (Å²) in [6, 6.07) is 12.5. The van der Waals surface area contributed by atoms with E-state index < -0.39 is 18.6 Å². The molecule has 1 atom stereocenters. The fraction of sp³-hybridized carbons (Fsp3) is 0.391. The number of ether oxygens (including phenoxy) is 1. The molecule has 31 heavy (non-hydrogen) atoms. The van der Waals surface area contributed by atoms with E-state index in [1.54, 1.807) is 12.1 Å². The number of carbonyl (C=O) groups excluding carboxylic acids is 2. The molecular weight excluding hydrogens is 404 g/mol. The largest absolute Gasteiger partial charge is 0.434 e. The molecule has 1 fully saturated rings. The number of nitrogens with zero attached hydrogens (tertiary/aromatic N) is 1. The maximum absolute atomic E-state index is 12.9. The Morgan fingerprint density at radius 2 is 1.84 bits per heavy atom. The first-order valence-corrected chi connectivity index (χ1v) is 10.5. The zero-order valence-corrected chi connectivity index (χ0v) is 17.4. The fourth-order valence-electron chi connectivity index (χ4n) is 3.63. The molecular formula is C23H27F2N3O3. The van der Waals surface area contributed by atoms with Crippen molar-refractivity contribution in [3.05, 3.63) is 54.1 Å². The number of alkyl halides is 2. The van der Waals surface area contributed by atoms with Gasteiger partial charge in [0.25, 0.3) is 5.91 Å². The van der Waals surface area contributed by atoms with Gasteiger partial charge >= 0.3 is 6.61 Å². The number of hydrogen-bond donors (Lipinski definition) is 2. The van der Waals surface area contributed by atoms with Crippen LogP contribution in [0.1, 0.15) is 43.0 Å². The molecule has 1 aliphatic heterocycles. The van der Waals surface area contributed by atoms with Crippen LogP contribution < -0.4 is 20.3 Å². The minimum Gasteiger partial charge on any atom is -0.434 e. The molecule has 2 amide bonds.